The predicted octanol–water partition coefficient (Wildman–Crippen LogP) is 5.87. The first kappa shape index (κ1) is 26.5. The first-order valence-corrected chi connectivity index (χ1v) is 14.4. The highest BCUT2D eigenvalue weighted by Gasteiger charge is 2.31. The van der Waals surface area contributed by atoms with Crippen LogP contribution in [0.4, 0.5) is 8.78 Å². The zero-order chi connectivity index (χ0) is 27.9. The number of halogens is 2. The van der Waals surface area contributed by atoms with Gasteiger partial charge in [-0.15, -0.1) is 0 Å². The number of nitrogens with zero attached hydrogens (tertiary/aromatic N) is 1. The Labute approximate surface area is 223 Å². The van der Waals surface area contributed by atoms with Crippen LogP contribution in [-0.4, -0.2) is 35.3 Å². The van der Waals surface area contributed by atoms with Crippen LogP contribution in [0.15, 0.2) is 77.7 Å². The van der Waals surface area contributed by atoms with Crippen molar-refractivity contribution in [2.24, 2.45) is 0 Å². The molecule has 5 aromatic rings. The van der Waals surface area contributed by atoms with E-state index in [1.54, 1.807) is 59.2 Å². The van der Waals surface area contributed by atoms with E-state index in [2.05, 4.69) is 4.98 Å². The molecule has 1 aliphatic carbocycles. The third-order valence-electron chi connectivity index (χ3n) is 6.86. The summed E-state index contributed by atoms with van der Waals surface area (Å²) in [6.07, 6.45) is 4.58. The smallest absolute Gasteiger partial charge is 0.255 e. The molecule has 200 valence electrons. The second-order valence-electron chi connectivity index (χ2n) is 9.70. The predicted molar refractivity (Wildman–Crippen MR) is 149 cm³/mol. The molecule has 0 amide bonds. The molecule has 0 spiro atoms. The summed E-state index contributed by atoms with van der Waals surface area (Å²) in [7, 11) is -2.63. The van der Waals surface area contributed by atoms with Gasteiger partial charge in [0.15, 0.2) is 5.78 Å². The van der Waals surface area contributed by atoms with E-state index in [9.17, 15) is 22.4 Å². The number of carbonyl (C=O) groups excluding carboxylic acids is 1. The third-order valence-corrected chi connectivity index (χ3v) is 8.54. The number of sulfone groups is 1. The summed E-state index contributed by atoms with van der Waals surface area (Å²) in [5.41, 5.74) is 1.36. The number of hydrogen-bond donors (Lipinski definition) is 1. The number of fused-ring (bicyclic) bond motifs is 3. The summed E-state index contributed by atoms with van der Waals surface area (Å²) in [5, 5.41) is 1.56. The number of pyridine rings is 1. The molecule has 0 bridgehead atoms. The second-order valence-corrected chi connectivity index (χ2v) is 12.0. The van der Waals surface area contributed by atoms with Gasteiger partial charge in [0.1, 0.15) is 21.5 Å². The lowest BCUT2D eigenvalue weighted by Gasteiger charge is -2.11. The van der Waals surface area contributed by atoms with Gasteiger partial charge in [0.05, 0.1) is 23.0 Å². The summed E-state index contributed by atoms with van der Waals surface area (Å²) < 4.78 is 52.0. The molecule has 0 saturated heterocycles. The summed E-state index contributed by atoms with van der Waals surface area (Å²) in [6, 6.07) is 17.8. The SMILES string of the molecule is CC(=O)c1c(-c2ccc[nH]c2=O)c2c3ccccc3c(F)cc2n1Cc1ccccc1F.CS(=O)(=O)C1CC1. The highest BCUT2D eigenvalue weighted by Crippen LogP contribution is 2.40. The van der Waals surface area contributed by atoms with Crippen LogP contribution in [0, 0.1) is 11.6 Å². The lowest BCUT2D eigenvalue weighted by atomic mass is 9.97. The number of hydrogen-bond acceptors (Lipinski definition) is 4. The molecular formula is C30H26F2N2O4S. The monoisotopic (exact) mass is 548 g/mol. The van der Waals surface area contributed by atoms with Crippen molar-refractivity contribution in [1.82, 2.24) is 9.55 Å². The number of carbonyl (C=O) groups is 1. The van der Waals surface area contributed by atoms with Gasteiger partial charge in [-0.2, -0.15) is 0 Å². The van der Waals surface area contributed by atoms with Gasteiger partial charge in [-0.1, -0.05) is 42.5 Å². The van der Waals surface area contributed by atoms with Crippen LogP contribution in [0.25, 0.3) is 32.8 Å². The van der Waals surface area contributed by atoms with E-state index in [1.807, 2.05) is 0 Å². The molecule has 9 heteroatoms. The Hall–Kier alpha value is -4.11. The van der Waals surface area contributed by atoms with Crippen molar-refractivity contribution in [3.63, 3.8) is 0 Å². The summed E-state index contributed by atoms with van der Waals surface area (Å²) in [4.78, 5) is 28.3. The Kier molecular flexibility index (Phi) is 6.94. The molecule has 1 fully saturated rings. The molecule has 3 aromatic carbocycles. The molecule has 39 heavy (non-hydrogen) atoms. The van der Waals surface area contributed by atoms with Gasteiger partial charge in [-0.25, -0.2) is 17.2 Å². The van der Waals surface area contributed by atoms with Crippen LogP contribution in [0.1, 0.15) is 35.8 Å². The first-order valence-electron chi connectivity index (χ1n) is 12.4. The molecule has 6 nitrogen and oxygen atoms in total. The maximum absolute atomic E-state index is 15.1. The molecule has 0 atom stereocenters. The van der Waals surface area contributed by atoms with Crippen molar-refractivity contribution in [2.45, 2.75) is 31.6 Å². The number of H-pyrrole nitrogens is 1. The van der Waals surface area contributed by atoms with Crippen molar-refractivity contribution >= 4 is 37.3 Å². The minimum absolute atomic E-state index is 0.0145. The fourth-order valence-corrected chi connectivity index (χ4v) is 5.86. The van der Waals surface area contributed by atoms with Gasteiger partial charge < -0.3 is 9.55 Å². The normalized spacial score (nSPS) is 13.3. The maximum atomic E-state index is 15.1. The van der Waals surface area contributed by atoms with Gasteiger partial charge in [0.2, 0.25) is 0 Å². The van der Waals surface area contributed by atoms with Gasteiger partial charge in [0, 0.05) is 46.8 Å². The number of aromatic amines is 1. The van der Waals surface area contributed by atoms with Crippen LogP contribution in [0.5, 0.6) is 0 Å². The molecule has 2 aromatic heterocycles. The molecular weight excluding hydrogens is 522 g/mol. The molecule has 1 aliphatic rings. The van der Waals surface area contributed by atoms with Gasteiger partial charge in [-0.05, 0) is 42.5 Å². The minimum Gasteiger partial charge on any atom is -0.333 e. The van der Waals surface area contributed by atoms with Crippen LogP contribution in [0.3, 0.4) is 0 Å². The van der Waals surface area contributed by atoms with E-state index < -0.39 is 21.5 Å². The molecule has 1 saturated carbocycles. The van der Waals surface area contributed by atoms with E-state index >= 15 is 4.39 Å². The zero-order valence-corrected chi connectivity index (χ0v) is 22.2. The van der Waals surface area contributed by atoms with Crippen molar-refractivity contribution in [3.8, 4) is 11.1 Å². The fourth-order valence-electron chi connectivity index (χ4n) is 4.87. The average Bonchev–Trinajstić information content (AvgIpc) is 3.71. The largest absolute Gasteiger partial charge is 0.333 e. The Morgan fingerprint density at radius 1 is 0.974 bits per heavy atom. The lowest BCUT2D eigenvalue weighted by Crippen LogP contribution is -2.12. The van der Waals surface area contributed by atoms with E-state index in [0.717, 1.165) is 12.8 Å². The molecule has 1 N–H and O–H groups in total. The average molecular weight is 549 g/mol. The quantitative estimate of drug-likeness (QED) is 0.278. The van der Waals surface area contributed by atoms with Crippen LogP contribution in [0.2, 0.25) is 0 Å². The van der Waals surface area contributed by atoms with Crippen molar-refractivity contribution < 1.29 is 22.0 Å². The zero-order valence-electron chi connectivity index (χ0n) is 21.4. The van der Waals surface area contributed by atoms with Crippen molar-refractivity contribution in [2.75, 3.05) is 6.26 Å². The van der Waals surface area contributed by atoms with Crippen molar-refractivity contribution in [3.05, 3.63) is 106 Å². The highest BCUT2D eigenvalue weighted by molar-refractivity contribution is 7.91. The second kappa shape index (κ2) is 10.2. The Morgan fingerprint density at radius 3 is 2.23 bits per heavy atom. The lowest BCUT2D eigenvalue weighted by molar-refractivity contribution is 0.101. The minimum atomic E-state index is -2.63. The Morgan fingerprint density at radius 2 is 1.64 bits per heavy atom. The molecule has 2 heterocycles. The molecule has 0 unspecified atom stereocenters. The Balaban J connectivity index is 0.000000384. The number of rotatable bonds is 5. The molecule has 6 rings (SSSR count). The highest BCUT2D eigenvalue weighted by atomic mass is 32.2. The number of ketones is 1. The van der Waals surface area contributed by atoms with Crippen LogP contribution in [-0.2, 0) is 16.4 Å². The number of aromatic nitrogens is 2. The summed E-state index contributed by atoms with van der Waals surface area (Å²) in [6.45, 7) is 1.41. The standard InChI is InChI=1S/C26H18F2N2O2.C4H8O2S/c1-15(31)25-24(19-10-6-12-29-26(19)32)23-18-9-4-3-8-17(18)21(28)13-22(23)30(25)14-16-7-2-5-11-20(16)27;1-7(5,6)4-2-3-4/h2-13H,14H2,1H3,(H,29,32);4H,2-3H2,1H3. The maximum Gasteiger partial charge on any atom is 0.255 e. The van der Waals surface area contributed by atoms with E-state index in [-0.39, 0.29) is 28.8 Å². The Bertz CT molecular complexity index is 1900. The van der Waals surface area contributed by atoms with Crippen LogP contribution < -0.4 is 5.56 Å². The summed E-state index contributed by atoms with van der Waals surface area (Å²) in [5.74, 6) is -1.19. The van der Waals surface area contributed by atoms with E-state index in [0.29, 0.717) is 38.4 Å². The number of benzene rings is 3. The number of nitrogens with one attached hydrogen (secondary N) is 1. The molecule has 0 radical (unpaired) electrons. The third kappa shape index (κ3) is 5.14. The number of Topliss-reactive ketones (excluding diaryl/α,β-unsaturated/α-hetero) is 1. The van der Waals surface area contributed by atoms with Crippen molar-refractivity contribution in [1.29, 1.82) is 0 Å². The van der Waals surface area contributed by atoms with Crippen LogP contribution >= 0.6 is 0 Å². The van der Waals surface area contributed by atoms with E-state index in [1.165, 1.54) is 31.5 Å². The fraction of sp³-hybridized carbons (Fsp3) is 0.200. The molecule has 0 aliphatic heterocycles. The van der Waals surface area contributed by atoms with Gasteiger partial charge >= 0.3 is 0 Å². The summed E-state index contributed by atoms with van der Waals surface area (Å²) >= 11 is 0. The topological polar surface area (TPSA) is 89.0 Å². The van der Waals surface area contributed by atoms with Gasteiger partial charge in [-0.3, -0.25) is 9.59 Å². The first-order chi connectivity index (χ1) is 18.6. The van der Waals surface area contributed by atoms with Gasteiger partial charge in [0.25, 0.3) is 5.56 Å². The van der Waals surface area contributed by atoms with E-state index in [4.69, 9.17) is 0 Å².